The number of nitrogens with one attached hydrogen (secondary N) is 2. The molecule has 0 bridgehead atoms. The fourth-order valence-electron chi connectivity index (χ4n) is 1.78. The summed E-state index contributed by atoms with van der Waals surface area (Å²) in [7, 11) is 0.353. The molecule has 21 heavy (non-hydrogen) atoms. The number of rotatable bonds is 10. The molecular weight excluding hydrogens is 290 g/mol. The molecule has 0 unspecified atom stereocenters. The van der Waals surface area contributed by atoms with Gasteiger partial charge in [0.2, 0.25) is 10.0 Å². The highest BCUT2D eigenvalue weighted by Crippen LogP contribution is 2.13. The maximum absolute atomic E-state index is 11.8. The Hall–Kier alpha value is -1.15. The minimum atomic E-state index is -3.37. The van der Waals surface area contributed by atoms with Crippen LogP contribution in [0.25, 0.3) is 0 Å². The van der Waals surface area contributed by atoms with Gasteiger partial charge in [0.25, 0.3) is 0 Å². The quantitative estimate of drug-likeness (QED) is 0.673. The molecule has 1 aromatic rings. The largest absolute Gasteiger partial charge is 0.384 e. The van der Waals surface area contributed by atoms with Crippen molar-refractivity contribution in [2.75, 3.05) is 52.3 Å². The molecule has 1 aromatic carbocycles. The van der Waals surface area contributed by atoms with Crippen LogP contribution in [0.2, 0.25) is 0 Å². The lowest BCUT2D eigenvalue weighted by molar-refractivity contribution is 0.163. The molecule has 6 nitrogen and oxygen atoms in total. The fourth-order valence-corrected chi connectivity index (χ4v) is 2.82. The summed E-state index contributed by atoms with van der Waals surface area (Å²) in [4.78, 5) is 2.45. The van der Waals surface area contributed by atoms with E-state index in [4.69, 9.17) is 4.74 Å². The third-order valence-corrected chi connectivity index (χ3v) is 4.56. The first-order valence-electron chi connectivity index (χ1n) is 7.00. The van der Waals surface area contributed by atoms with E-state index in [1.54, 1.807) is 38.3 Å². The number of likely N-dealkylation sites (N-methyl/N-ethyl adjacent to an activating group) is 1. The van der Waals surface area contributed by atoms with Crippen molar-refractivity contribution in [3.05, 3.63) is 24.3 Å². The van der Waals surface area contributed by atoms with E-state index in [1.807, 2.05) is 7.05 Å². The van der Waals surface area contributed by atoms with Gasteiger partial charge in [0.1, 0.15) is 0 Å². The van der Waals surface area contributed by atoms with Crippen LogP contribution in [0, 0.1) is 0 Å². The van der Waals surface area contributed by atoms with Gasteiger partial charge in [-0.3, -0.25) is 0 Å². The van der Waals surface area contributed by atoms with Gasteiger partial charge in [-0.1, -0.05) is 6.92 Å². The van der Waals surface area contributed by atoms with Crippen molar-refractivity contribution in [3.63, 3.8) is 0 Å². The topological polar surface area (TPSA) is 70.7 Å². The second kappa shape index (κ2) is 8.99. The van der Waals surface area contributed by atoms with Crippen molar-refractivity contribution < 1.29 is 13.2 Å². The van der Waals surface area contributed by atoms with Crippen LogP contribution in [0.15, 0.2) is 29.2 Å². The molecule has 0 amide bonds. The number of methoxy groups -OCH3 is 1. The maximum Gasteiger partial charge on any atom is 0.240 e. The molecule has 1 rings (SSSR count). The third kappa shape index (κ3) is 6.43. The number of nitrogens with zero attached hydrogens (tertiary/aromatic N) is 1. The third-order valence-electron chi connectivity index (χ3n) is 3.00. The van der Waals surface area contributed by atoms with E-state index in [-0.39, 0.29) is 4.90 Å². The van der Waals surface area contributed by atoms with Gasteiger partial charge in [-0.05, 0) is 31.3 Å². The number of benzene rings is 1. The van der Waals surface area contributed by atoms with Crippen molar-refractivity contribution in [3.8, 4) is 0 Å². The van der Waals surface area contributed by atoms with Crippen LogP contribution in [0.4, 0.5) is 5.69 Å². The van der Waals surface area contributed by atoms with Crippen LogP contribution in [0.5, 0.6) is 0 Å². The molecule has 120 valence electrons. The smallest absolute Gasteiger partial charge is 0.240 e. The number of ether oxygens (including phenoxy) is 1. The summed E-state index contributed by atoms with van der Waals surface area (Å²) in [6, 6.07) is 6.77. The van der Waals surface area contributed by atoms with Crippen LogP contribution >= 0.6 is 0 Å². The molecule has 7 heteroatoms. The fraction of sp³-hybridized carbons (Fsp3) is 0.571. The van der Waals surface area contributed by atoms with Gasteiger partial charge >= 0.3 is 0 Å². The minimum Gasteiger partial charge on any atom is -0.384 e. The average Bonchev–Trinajstić information content (AvgIpc) is 2.45. The predicted octanol–water partition coefficient (Wildman–Crippen LogP) is 0.975. The van der Waals surface area contributed by atoms with E-state index in [9.17, 15) is 8.42 Å². The maximum atomic E-state index is 11.8. The highest BCUT2D eigenvalue weighted by atomic mass is 32.2. The molecule has 0 radical (unpaired) electrons. The summed E-state index contributed by atoms with van der Waals surface area (Å²) in [6.07, 6.45) is 0. The second-order valence-corrected chi connectivity index (χ2v) is 6.52. The highest BCUT2D eigenvalue weighted by molar-refractivity contribution is 7.89. The van der Waals surface area contributed by atoms with Gasteiger partial charge < -0.3 is 15.0 Å². The lowest BCUT2D eigenvalue weighted by atomic mass is 10.3. The van der Waals surface area contributed by atoms with Crippen LogP contribution in [-0.4, -0.2) is 60.3 Å². The van der Waals surface area contributed by atoms with Gasteiger partial charge in [0.15, 0.2) is 0 Å². The number of sulfonamides is 1. The van der Waals surface area contributed by atoms with Crippen molar-refractivity contribution >= 4 is 15.7 Å². The van der Waals surface area contributed by atoms with Crippen LogP contribution in [-0.2, 0) is 14.8 Å². The summed E-state index contributed by atoms with van der Waals surface area (Å²) in [6.45, 7) is 5.43. The minimum absolute atomic E-state index is 0.284. The van der Waals surface area contributed by atoms with Crippen molar-refractivity contribution in [1.29, 1.82) is 0 Å². The standard InChI is InChI=1S/C14H25N3O3S/c1-4-16-21(18,19)14-7-5-13(6-8-14)15-9-10-17(2)11-12-20-3/h5-8,15-16H,4,9-12H2,1-3H3. The molecule has 0 aliphatic rings. The monoisotopic (exact) mass is 315 g/mol. The normalized spacial score (nSPS) is 11.8. The molecule has 0 spiro atoms. The first-order chi connectivity index (χ1) is 9.99. The summed E-state index contributed by atoms with van der Waals surface area (Å²) in [5, 5.41) is 3.26. The van der Waals surface area contributed by atoms with E-state index in [2.05, 4.69) is 14.9 Å². The molecule has 0 aromatic heterocycles. The SMILES string of the molecule is CCNS(=O)(=O)c1ccc(NCCN(C)CCOC)cc1. The Kier molecular flexibility index (Phi) is 7.66. The summed E-state index contributed by atoms with van der Waals surface area (Å²) in [5.74, 6) is 0. The summed E-state index contributed by atoms with van der Waals surface area (Å²) >= 11 is 0. The second-order valence-electron chi connectivity index (χ2n) is 4.75. The molecule has 0 aliphatic heterocycles. The molecule has 0 atom stereocenters. The Labute approximate surface area is 127 Å². The van der Waals surface area contributed by atoms with Crippen LogP contribution in [0.1, 0.15) is 6.92 Å². The zero-order valence-electron chi connectivity index (χ0n) is 12.9. The molecule has 0 fully saturated rings. The molecule has 0 heterocycles. The van der Waals surface area contributed by atoms with Crippen molar-refractivity contribution in [2.24, 2.45) is 0 Å². The van der Waals surface area contributed by atoms with E-state index in [0.29, 0.717) is 13.2 Å². The lowest BCUT2D eigenvalue weighted by Crippen LogP contribution is -2.28. The number of hydrogen-bond acceptors (Lipinski definition) is 5. The Morgan fingerprint density at radius 3 is 2.43 bits per heavy atom. The van der Waals surface area contributed by atoms with E-state index in [1.165, 1.54) is 0 Å². The van der Waals surface area contributed by atoms with Gasteiger partial charge in [-0.25, -0.2) is 13.1 Å². The Balaban J connectivity index is 2.45. The molecular formula is C14H25N3O3S. The number of anilines is 1. The first-order valence-corrected chi connectivity index (χ1v) is 8.49. The molecule has 0 saturated heterocycles. The van der Waals surface area contributed by atoms with Crippen molar-refractivity contribution in [2.45, 2.75) is 11.8 Å². The Morgan fingerprint density at radius 1 is 1.19 bits per heavy atom. The van der Waals surface area contributed by atoms with Gasteiger partial charge in [0, 0.05) is 39.0 Å². The molecule has 0 saturated carbocycles. The summed E-state index contributed by atoms with van der Waals surface area (Å²) < 4.78 is 31.1. The van der Waals surface area contributed by atoms with Gasteiger partial charge in [-0.15, -0.1) is 0 Å². The Morgan fingerprint density at radius 2 is 1.86 bits per heavy atom. The highest BCUT2D eigenvalue weighted by Gasteiger charge is 2.11. The summed E-state index contributed by atoms with van der Waals surface area (Å²) in [5.41, 5.74) is 0.908. The molecule has 2 N–H and O–H groups in total. The van der Waals surface area contributed by atoms with E-state index < -0.39 is 10.0 Å². The van der Waals surface area contributed by atoms with E-state index in [0.717, 1.165) is 25.3 Å². The predicted molar refractivity (Wildman–Crippen MR) is 85.2 cm³/mol. The zero-order chi connectivity index (χ0) is 15.7. The number of hydrogen-bond donors (Lipinski definition) is 2. The van der Waals surface area contributed by atoms with Gasteiger partial charge in [-0.2, -0.15) is 0 Å². The van der Waals surface area contributed by atoms with Gasteiger partial charge in [0.05, 0.1) is 11.5 Å². The lowest BCUT2D eigenvalue weighted by Gasteiger charge is -2.16. The first kappa shape index (κ1) is 17.9. The zero-order valence-corrected chi connectivity index (χ0v) is 13.7. The van der Waals surface area contributed by atoms with Crippen LogP contribution < -0.4 is 10.0 Å². The van der Waals surface area contributed by atoms with E-state index >= 15 is 0 Å². The average molecular weight is 315 g/mol. The molecule has 0 aliphatic carbocycles. The van der Waals surface area contributed by atoms with Crippen molar-refractivity contribution in [1.82, 2.24) is 9.62 Å². The van der Waals surface area contributed by atoms with Crippen LogP contribution in [0.3, 0.4) is 0 Å². The Bertz CT molecular complexity index is 503.